The predicted octanol–water partition coefficient (Wildman–Crippen LogP) is 3.85. The van der Waals surface area contributed by atoms with Crippen LogP contribution in [0.25, 0.3) is 0 Å². The van der Waals surface area contributed by atoms with Crippen molar-refractivity contribution in [3.8, 4) is 0 Å². The van der Waals surface area contributed by atoms with E-state index in [1.807, 2.05) is 18.6 Å². The van der Waals surface area contributed by atoms with Crippen LogP contribution in [0.2, 0.25) is 5.02 Å². The summed E-state index contributed by atoms with van der Waals surface area (Å²) in [4.78, 5) is 1.93. The van der Waals surface area contributed by atoms with Crippen LogP contribution in [0, 0.1) is 0 Å². The molecule has 0 spiro atoms. The lowest BCUT2D eigenvalue weighted by Crippen LogP contribution is -1.96. The number of hydrogen-bond donors (Lipinski definition) is 0. The van der Waals surface area contributed by atoms with Crippen molar-refractivity contribution < 1.29 is 8.42 Å². The van der Waals surface area contributed by atoms with Gasteiger partial charge in [-0.05, 0) is 30.2 Å². The van der Waals surface area contributed by atoms with Gasteiger partial charge in [0.15, 0.2) is 0 Å². The van der Waals surface area contributed by atoms with E-state index in [-0.39, 0.29) is 5.75 Å². The van der Waals surface area contributed by atoms with E-state index in [0.717, 1.165) is 9.79 Å². The molecule has 0 saturated heterocycles. The van der Waals surface area contributed by atoms with Crippen LogP contribution in [0.1, 0.15) is 5.56 Å². The van der Waals surface area contributed by atoms with Gasteiger partial charge in [-0.2, -0.15) is 0 Å². The zero-order chi connectivity index (χ0) is 12.3. The highest BCUT2D eigenvalue weighted by molar-refractivity contribution is 8.13. The summed E-state index contributed by atoms with van der Waals surface area (Å²) in [6.45, 7) is 0. The Kier molecular flexibility index (Phi) is 5.32. The highest BCUT2D eigenvalue weighted by Gasteiger charge is 2.12. The van der Waals surface area contributed by atoms with Crippen molar-refractivity contribution in [3.63, 3.8) is 0 Å². The zero-order valence-electron chi connectivity index (χ0n) is 8.66. The van der Waals surface area contributed by atoms with E-state index in [4.69, 9.17) is 22.3 Å². The molecular weight excluding hydrogens is 307 g/mol. The van der Waals surface area contributed by atoms with E-state index >= 15 is 0 Å². The second-order valence-corrected chi connectivity index (χ2v) is 7.85. The van der Waals surface area contributed by atoms with E-state index in [1.54, 1.807) is 6.07 Å². The lowest BCUT2D eigenvalue weighted by atomic mass is 10.2. The van der Waals surface area contributed by atoms with Crippen LogP contribution < -0.4 is 0 Å². The maximum Gasteiger partial charge on any atom is 0.236 e. The van der Waals surface area contributed by atoms with Gasteiger partial charge < -0.3 is 0 Å². The van der Waals surface area contributed by atoms with Gasteiger partial charge >= 0.3 is 0 Å². The summed E-state index contributed by atoms with van der Waals surface area (Å²) in [5, 5.41) is 0.565. The van der Waals surface area contributed by atoms with Crippen LogP contribution in [-0.2, 0) is 14.8 Å². The Hall–Kier alpha value is 0.450. The number of hydrogen-bond acceptors (Lipinski definition) is 4. The summed E-state index contributed by atoms with van der Waals surface area (Å²) in [6.07, 6.45) is 3.85. The van der Waals surface area contributed by atoms with E-state index in [0.29, 0.717) is 10.6 Å². The van der Waals surface area contributed by atoms with E-state index in [2.05, 4.69) is 0 Å². The van der Waals surface area contributed by atoms with Gasteiger partial charge in [-0.3, -0.25) is 0 Å². The molecule has 0 aliphatic carbocycles. The van der Waals surface area contributed by atoms with Gasteiger partial charge in [-0.1, -0.05) is 11.6 Å². The van der Waals surface area contributed by atoms with Crippen molar-refractivity contribution in [3.05, 3.63) is 22.7 Å². The Morgan fingerprint density at radius 1 is 1.25 bits per heavy atom. The molecule has 0 fully saturated rings. The van der Waals surface area contributed by atoms with Crippen LogP contribution >= 0.6 is 45.8 Å². The quantitative estimate of drug-likeness (QED) is 0.624. The third-order valence-corrected chi connectivity index (χ3v) is 4.99. The first-order chi connectivity index (χ1) is 7.37. The molecule has 0 aliphatic rings. The first kappa shape index (κ1) is 14.5. The highest BCUT2D eigenvalue weighted by Crippen LogP contribution is 2.36. The summed E-state index contributed by atoms with van der Waals surface area (Å²) in [5.41, 5.74) is 0.613. The minimum atomic E-state index is -3.54. The lowest BCUT2D eigenvalue weighted by molar-refractivity contribution is 0.609. The molecule has 0 aliphatic heterocycles. The van der Waals surface area contributed by atoms with Crippen molar-refractivity contribution in [2.45, 2.75) is 15.5 Å². The third-order valence-electron chi connectivity index (χ3n) is 1.83. The number of halogens is 2. The van der Waals surface area contributed by atoms with Crippen molar-refractivity contribution in [1.29, 1.82) is 0 Å². The van der Waals surface area contributed by atoms with Gasteiger partial charge in [0, 0.05) is 20.5 Å². The molecule has 0 atom stereocenters. The summed E-state index contributed by atoms with van der Waals surface area (Å²) >= 11 is 9.14. The molecule has 0 N–H and O–H groups in total. The van der Waals surface area contributed by atoms with Crippen molar-refractivity contribution in [2.24, 2.45) is 0 Å². The molecule has 0 amide bonds. The summed E-state index contributed by atoms with van der Waals surface area (Å²) in [7, 11) is 1.67. The first-order valence-corrected chi connectivity index (χ1v) is 9.50. The van der Waals surface area contributed by atoms with Gasteiger partial charge in [0.05, 0.1) is 10.8 Å². The summed E-state index contributed by atoms with van der Waals surface area (Å²) in [5.74, 6) is -0.198. The molecule has 1 rings (SSSR count). The Bertz CT molecular complexity index is 486. The molecule has 0 saturated carbocycles. The molecule has 0 bridgehead atoms. The molecule has 90 valence electrons. The molecule has 16 heavy (non-hydrogen) atoms. The maximum absolute atomic E-state index is 11.0. The van der Waals surface area contributed by atoms with Crippen molar-refractivity contribution in [2.75, 3.05) is 12.5 Å². The standard InChI is InChI=1S/C9H10Cl2O2S3/c1-14-8-4-6(5-16(11,12)13)3-7(10)9(8)15-2/h3-4H,5H2,1-2H3. The minimum absolute atomic E-state index is 0.198. The van der Waals surface area contributed by atoms with Crippen LogP contribution in [0.15, 0.2) is 21.9 Å². The van der Waals surface area contributed by atoms with E-state index in [9.17, 15) is 8.42 Å². The van der Waals surface area contributed by atoms with E-state index < -0.39 is 9.05 Å². The van der Waals surface area contributed by atoms with Crippen LogP contribution in [-0.4, -0.2) is 20.9 Å². The summed E-state index contributed by atoms with van der Waals surface area (Å²) < 4.78 is 22.0. The number of thioether (sulfide) groups is 2. The molecule has 2 nitrogen and oxygen atoms in total. The van der Waals surface area contributed by atoms with Gasteiger partial charge in [-0.25, -0.2) is 8.42 Å². The van der Waals surface area contributed by atoms with Gasteiger partial charge in [0.25, 0.3) is 0 Å². The average Bonchev–Trinajstić information content (AvgIpc) is 2.14. The molecule has 0 heterocycles. The third kappa shape index (κ3) is 4.04. The Labute approximate surface area is 114 Å². The topological polar surface area (TPSA) is 34.1 Å². The Morgan fingerprint density at radius 3 is 2.31 bits per heavy atom. The largest absolute Gasteiger partial charge is 0.236 e. The number of benzene rings is 1. The van der Waals surface area contributed by atoms with Gasteiger partial charge in [0.1, 0.15) is 0 Å². The van der Waals surface area contributed by atoms with Crippen LogP contribution in [0.5, 0.6) is 0 Å². The molecule has 0 unspecified atom stereocenters. The second-order valence-electron chi connectivity index (χ2n) is 3.00. The normalized spacial score (nSPS) is 11.8. The first-order valence-electron chi connectivity index (χ1n) is 4.20. The number of rotatable bonds is 4. The average molecular weight is 317 g/mol. The Morgan fingerprint density at radius 2 is 1.88 bits per heavy atom. The lowest BCUT2D eigenvalue weighted by Gasteiger charge is -2.09. The monoisotopic (exact) mass is 316 g/mol. The highest BCUT2D eigenvalue weighted by atomic mass is 35.7. The fraction of sp³-hybridized carbons (Fsp3) is 0.333. The van der Waals surface area contributed by atoms with Crippen LogP contribution in [0.4, 0.5) is 0 Å². The van der Waals surface area contributed by atoms with Gasteiger partial charge in [-0.15, -0.1) is 23.5 Å². The maximum atomic E-state index is 11.0. The Balaban J connectivity index is 3.20. The smallest absolute Gasteiger partial charge is 0.212 e. The SMILES string of the molecule is CSc1cc(CS(=O)(=O)Cl)cc(Cl)c1SC. The van der Waals surface area contributed by atoms with Gasteiger partial charge in [0.2, 0.25) is 9.05 Å². The molecule has 7 heteroatoms. The molecule has 1 aromatic carbocycles. The molecular formula is C9H10Cl2O2S3. The molecule has 0 aromatic heterocycles. The van der Waals surface area contributed by atoms with E-state index in [1.165, 1.54) is 23.5 Å². The fourth-order valence-corrected chi connectivity index (χ4v) is 4.30. The zero-order valence-corrected chi connectivity index (χ0v) is 12.6. The molecule has 1 aromatic rings. The predicted molar refractivity (Wildman–Crippen MR) is 73.5 cm³/mol. The van der Waals surface area contributed by atoms with Crippen molar-refractivity contribution >= 4 is 54.9 Å². The fourth-order valence-electron chi connectivity index (χ4n) is 1.25. The molecule has 0 radical (unpaired) electrons. The summed E-state index contributed by atoms with van der Waals surface area (Å²) in [6, 6.07) is 3.45. The van der Waals surface area contributed by atoms with Crippen molar-refractivity contribution in [1.82, 2.24) is 0 Å². The van der Waals surface area contributed by atoms with Crippen LogP contribution in [0.3, 0.4) is 0 Å². The minimum Gasteiger partial charge on any atom is -0.212 e. The second kappa shape index (κ2) is 5.87.